The summed E-state index contributed by atoms with van der Waals surface area (Å²) in [6.07, 6.45) is 0. The Morgan fingerprint density at radius 2 is 0.917 bits per heavy atom. The molecular weight excluding hydrogens is 440 g/mol. The van der Waals surface area contributed by atoms with Gasteiger partial charge in [0.1, 0.15) is 0 Å². The lowest BCUT2D eigenvalue weighted by atomic mass is 9.99. The van der Waals surface area contributed by atoms with Gasteiger partial charge in [-0.3, -0.25) is 0 Å². The zero-order valence-corrected chi connectivity index (χ0v) is 19.3. The lowest BCUT2D eigenvalue weighted by Crippen LogP contribution is -1.98. The highest BCUT2D eigenvalue weighted by molar-refractivity contribution is 5.88. The van der Waals surface area contributed by atoms with Gasteiger partial charge in [-0.15, -0.1) is 0 Å². The van der Waals surface area contributed by atoms with Gasteiger partial charge in [0.25, 0.3) is 0 Å². The minimum absolute atomic E-state index is 0.607. The molecule has 0 aliphatic heterocycles. The van der Waals surface area contributed by atoms with Crippen molar-refractivity contribution >= 4 is 11.0 Å². The lowest BCUT2D eigenvalue weighted by molar-refractivity contribution is 1.27. The number of hydrogen-bond acceptors (Lipinski definition) is 4. The van der Waals surface area contributed by atoms with Crippen LogP contribution in [0, 0.1) is 11.3 Å². The van der Waals surface area contributed by atoms with Crippen molar-refractivity contribution < 1.29 is 0 Å². The molecule has 168 valence electrons. The average molecular weight is 461 g/mol. The highest BCUT2D eigenvalue weighted by Crippen LogP contribution is 2.35. The Bertz CT molecular complexity index is 1660. The number of benzene rings is 4. The summed E-state index contributed by atoms with van der Waals surface area (Å²) in [6.45, 7) is 0. The highest BCUT2D eigenvalue weighted by Gasteiger charge is 2.16. The molecule has 36 heavy (non-hydrogen) atoms. The molecule has 0 saturated heterocycles. The molecule has 0 fully saturated rings. The van der Waals surface area contributed by atoms with E-state index in [0.717, 1.165) is 56.1 Å². The van der Waals surface area contributed by atoms with E-state index in [1.807, 2.05) is 84.9 Å². The highest BCUT2D eigenvalue weighted by atomic mass is 14.8. The number of pyridine rings is 1. The van der Waals surface area contributed by atoms with E-state index < -0.39 is 0 Å². The molecule has 2 heterocycles. The van der Waals surface area contributed by atoms with Gasteiger partial charge in [-0.25, -0.2) is 15.0 Å². The van der Waals surface area contributed by atoms with Crippen LogP contribution in [-0.2, 0) is 0 Å². The summed E-state index contributed by atoms with van der Waals surface area (Å²) < 4.78 is 0. The van der Waals surface area contributed by atoms with Gasteiger partial charge in [-0.2, -0.15) is 5.26 Å². The number of nitriles is 1. The summed E-state index contributed by atoms with van der Waals surface area (Å²) in [5.41, 5.74) is 9.43. The third kappa shape index (κ3) is 4.11. The van der Waals surface area contributed by atoms with Crippen molar-refractivity contribution in [1.29, 1.82) is 5.26 Å². The van der Waals surface area contributed by atoms with E-state index in [1.165, 1.54) is 0 Å². The van der Waals surface area contributed by atoms with Crippen molar-refractivity contribution in [3.05, 3.63) is 127 Å². The minimum atomic E-state index is 0.607. The average Bonchev–Trinajstić information content (AvgIpc) is 2.97. The van der Waals surface area contributed by atoms with Crippen molar-refractivity contribution in [2.45, 2.75) is 0 Å². The molecule has 0 N–H and O–H groups in total. The second-order valence-corrected chi connectivity index (χ2v) is 8.46. The van der Waals surface area contributed by atoms with Crippen LogP contribution in [0.1, 0.15) is 5.56 Å². The zero-order valence-electron chi connectivity index (χ0n) is 19.3. The van der Waals surface area contributed by atoms with Gasteiger partial charge in [0, 0.05) is 22.3 Å². The Morgan fingerprint density at radius 1 is 0.444 bits per heavy atom. The molecule has 4 nitrogen and oxygen atoms in total. The van der Waals surface area contributed by atoms with E-state index in [-0.39, 0.29) is 0 Å². The molecule has 0 unspecified atom stereocenters. The molecule has 0 spiro atoms. The van der Waals surface area contributed by atoms with Crippen LogP contribution in [0.3, 0.4) is 0 Å². The van der Waals surface area contributed by atoms with E-state index in [2.05, 4.69) is 42.5 Å². The molecule has 0 bridgehead atoms. The quantitative estimate of drug-likeness (QED) is 0.272. The van der Waals surface area contributed by atoms with Gasteiger partial charge >= 0.3 is 0 Å². The number of fused-ring (bicyclic) bond motifs is 1. The van der Waals surface area contributed by atoms with Crippen LogP contribution < -0.4 is 0 Å². The number of aromatic nitrogens is 3. The van der Waals surface area contributed by atoms with Gasteiger partial charge in [0.15, 0.2) is 0 Å². The number of nitrogens with zero attached hydrogens (tertiary/aromatic N) is 4. The summed E-state index contributed by atoms with van der Waals surface area (Å²) in [4.78, 5) is 15.1. The van der Waals surface area contributed by atoms with E-state index >= 15 is 0 Å². The molecule has 0 aliphatic carbocycles. The lowest BCUT2D eigenvalue weighted by Gasteiger charge is -2.14. The minimum Gasteiger partial charge on any atom is -0.248 e. The second kappa shape index (κ2) is 9.25. The molecule has 6 rings (SSSR count). The van der Waals surface area contributed by atoms with Crippen molar-refractivity contribution in [2.24, 2.45) is 0 Å². The van der Waals surface area contributed by atoms with Gasteiger partial charge in [0.2, 0.25) is 0 Å². The third-order valence-corrected chi connectivity index (χ3v) is 6.10. The molecule has 0 amide bonds. The van der Waals surface area contributed by atoms with Crippen LogP contribution in [0.5, 0.6) is 0 Å². The number of para-hydroxylation sites is 2. The normalized spacial score (nSPS) is 10.8. The van der Waals surface area contributed by atoms with Gasteiger partial charge in [-0.05, 0) is 36.4 Å². The molecule has 0 aliphatic rings. The van der Waals surface area contributed by atoms with Crippen LogP contribution in [0.15, 0.2) is 121 Å². The Morgan fingerprint density at radius 3 is 1.42 bits per heavy atom. The first-order valence-corrected chi connectivity index (χ1v) is 11.7. The molecule has 0 saturated carbocycles. The Balaban J connectivity index is 1.63. The largest absolute Gasteiger partial charge is 0.248 e. The third-order valence-electron chi connectivity index (χ3n) is 6.10. The van der Waals surface area contributed by atoms with Crippen molar-refractivity contribution in [1.82, 2.24) is 15.0 Å². The fourth-order valence-corrected chi connectivity index (χ4v) is 4.29. The van der Waals surface area contributed by atoms with E-state index in [9.17, 15) is 5.26 Å². The maximum atomic E-state index is 9.27. The Labute approximate surface area is 209 Å². The SMILES string of the molecule is N#Cc1ccc(-c2nc3ccccc3nc2-c2cc(-c3ccccc3)nc(-c3ccccc3)c2)cc1. The molecule has 4 aromatic carbocycles. The predicted molar refractivity (Wildman–Crippen MR) is 144 cm³/mol. The topological polar surface area (TPSA) is 62.5 Å². The van der Waals surface area contributed by atoms with Gasteiger partial charge in [-0.1, -0.05) is 84.9 Å². The molecule has 2 aromatic heterocycles. The second-order valence-electron chi connectivity index (χ2n) is 8.46. The smallest absolute Gasteiger partial charge is 0.0991 e. The molecule has 0 radical (unpaired) electrons. The fourth-order valence-electron chi connectivity index (χ4n) is 4.29. The van der Waals surface area contributed by atoms with Crippen molar-refractivity contribution in [2.75, 3.05) is 0 Å². The first-order chi connectivity index (χ1) is 17.8. The first-order valence-electron chi connectivity index (χ1n) is 11.7. The Kier molecular flexibility index (Phi) is 5.50. The van der Waals surface area contributed by atoms with Crippen LogP contribution >= 0.6 is 0 Å². The van der Waals surface area contributed by atoms with Crippen LogP contribution in [0.25, 0.3) is 56.1 Å². The molecule has 0 atom stereocenters. The molecule has 6 aromatic rings. The van der Waals surface area contributed by atoms with Crippen LogP contribution in [0.2, 0.25) is 0 Å². The Hall–Kier alpha value is -5.14. The molecular formula is C32H20N4. The van der Waals surface area contributed by atoms with Crippen molar-refractivity contribution in [3.8, 4) is 51.1 Å². The number of rotatable bonds is 4. The first kappa shape index (κ1) is 21.4. The predicted octanol–water partition coefficient (Wildman–Crippen LogP) is 7.56. The monoisotopic (exact) mass is 460 g/mol. The van der Waals surface area contributed by atoms with E-state index in [0.29, 0.717) is 5.56 Å². The molecule has 4 heteroatoms. The number of hydrogen-bond donors (Lipinski definition) is 0. The summed E-state index contributed by atoms with van der Waals surface area (Å²) in [7, 11) is 0. The maximum absolute atomic E-state index is 9.27. The van der Waals surface area contributed by atoms with Crippen molar-refractivity contribution in [3.63, 3.8) is 0 Å². The van der Waals surface area contributed by atoms with Crippen LogP contribution in [-0.4, -0.2) is 15.0 Å². The maximum Gasteiger partial charge on any atom is 0.0991 e. The van der Waals surface area contributed by atoms with Gasteiger partial charge < -0.3 is 0 Å². The zero-order chi connectivity index (χ0) is 24.3. The summed E-state index contributed by atoms with van der Waals surface area (Å²) in [5.74, 6) is 0. The summed E-state index contributed by atoms with van der Waals surface area (Å²) in [5, 5.41) is 9.27. The standard InChI is InChI=1S/C32H20N4/c33-21-22-15-17-25(18-16-22)31-32(36-28-14-8-7-13-27(28)35-31)26-19-29(23-9-3-1-4-10-23)34-30(20-26)24-11-5-2-6-12-24/h1-20H. The van der Waals surface area contributed by atoms with E-state index in [1.54, 1.807) is 0 Å². The fraction of sp³-hybridized carbons (Fsp3) is 0. The van der Waals surface area contributed by atoms with Crippen LogP contribution in [0.4, 0.5) is 0 Å². The summed E-state index contributed by atoms with van der Waals surface area (Å²) >= 11 is 0. The van der Waals surface area contributed by atoms with Gasteiger partial charge in [0.05, 0.1) is 45.4 Å². The summed E-state index contributed by atoms with van der Waals surface area (Å²) in [6, 6.07) is 42.0. The van der Waals surface area contributed by atoms with E-state index in [4.69, 9.17) is 15.0 Å².